The van der Waals surface area contributed by atoms with Crippen LogP contribution in [0.25, 0.3) is 0 Å². The number of nitrogens with zero attached hydrogens (tertiary/aromatic N) is 1. The quantitative estimate of drug-likeness (QED) is 0.854. The Hall–Kier alpha value is -0.800. The molecule has 1 heterocycles. The summed E-state index contributed by atoms with van der Waals surface area (Å²) in [5, 5.41) is 0. The predicted octanol–water partition coefficient (Wildman–Crippen LogP) is 2.62. The van der Waals surface area contributed by atoms with Crippen LogP contribution in [-0.4, -0.2) is 24.0 Å². The van der Waals surface area contributed by atoms with E-state index in [2.05, 4.69) is 17.9 Å². The average Bonchev–Trinajstić information content (AvgIpc) is 2.89. The van der Waals surface area contributed by atoms with Crippen molar-refractivity contribution in [2.45, 2.75) is 45.2 Å². The molecule has 2 unspecified atom stereocenters. The Morgan fingerprint density at radius 3 is 2.88 bits per heavy atom. The molecule has 1 saturated carbocycles. The van der Waals surface area contributed by atoms with Crippen molar-refractivity contribution < 1.29 is 4.42 Å². The van der Waals surface area contributed by atoms with E-state index in [1.54, 1.807) is 6.26 Å². The van der Waals surface area contributed by atoms with E-state index in [0.29, 0.717) is 12.0 Å². The van der Waals surface area contributed by atoms with Gasteiger partial charge in [-0.25, -0.2) is 0 Å². The maximum absolute atomic E-state index is 5.91. The first kappa shape index (κ1) is 12.7. The molecule has 3 nitrogen and oxygen atoms in total. The SMILES string of the molecule is CCN(Cc1ccco1)C1CCCCC1CN. The van der Waals surface area contributed by atoms with Gasteiger partial charge in [0.1, 0.15) is 5.76 Å². The summed E-state index contributed by atoms with van der Waals surface area (Å²) < 4.78 is 5.45. The van der Waals surface area contributed by atoms with Gasteiger partial charge in [0.15, 0.2) is 0 Å². The smallest absolute Gasteiger partial charge is 0.117 e. The molecule has 1 aliphatic rings. The maximum Gasteiger partial charge on any atom is 0.117 e. The third-order valence-electron chi connectivity index (χ3n) is 3.99. The zero-order valence-corrected chi connectivity index (χ0v) is 10.8. The van der Waals surface area contributed by atoms with Crippen LogP contribution in [0.5, 0.6) is 0 Å². The van der Waals surface area contributed by atoms with E-state index < -0.39 is 0 Å². The highest BCUT2D eigenvalue weighted by atomic mass is 16.3. The molecule has 1 fully saturated rings. The summed E-state index contributed by atoms with van der Waals surface area (Å²) in [5.74, 6) is 1.73. The summed E-state index contributed by atoms with van der Waals surface area (Å²) in [5.41, 5.74) is 5.91. The minimum absolute atomic E-state index is 0.642. The van der Waals surface area contributed by atoms with Crippen molar-refractivity contribution in [1.82, 2.24) is 4.90 Å². The maximum atomic E-state index is 5.91. The average molecular weight is 236 g/mol. The van der Waals surface area contributed by atoms with Crippen LogP contribution in [0.4, 0.5) is 0 Å². The monoisotopic (exact) mass is 236 g/mol. The lowest BCUT2D eigenvalue weighted by molar-refractivity contribution is 0.0984. The molecule has 1 aromatic heterocycles. The molecule has 0 bridgehead atoms. The zero-order chi connectivity index (χ0) is 12.1. The van der Waals surface area contributed by atoms with E-state index in [9.17, 15) is 0 Å². The van der Waals surface area contributed by atoms with Crippen LogP contribution in [0.2, 0.25) is 0 Å². The van der Waals surface area contributed by atoms with Crippen LogP contribution in [0, 0.1) is 5.92 Å². The van der Waals surface area contributed by atoms with Crippen LogP contribution in [0.3, 0.4) is 0 Å². The molecule has 2 rings (SSSR count). The van der Waals surface area contributed by atoms with Gasteiger partial charge in [-0.1, -0.05) is 19.8 Å². The molecule has 3 heteroatoms. The van der Waals surface area contributed by atoms with Crippen molar-refractivity contribution in [1.29, 1.82) is 0 Å². The van der Waals surface area contributed by atoms with Crippen LogP contribution in [-0.2, 0) is 6.54 Å². The number of hydrogen-bond acceptors (Lipinski definition) is 3. The molecule has 0 spiro atoms. The Bertz CT molecular complexity index is 310. The summed E-state index contributed by atoms with van der Waals surface area (Å²) in [6.45, 7) is 5.04. The first-order valence-electron chi connectivity index (χ1n) is 6.81. The van der Waals surface area contributed by atoms with E-state index in [1.807, 2.05) is 6.07 Å². The number of furan rings is 1. The van der Waals surface area contributed by atoms with Crippen molar-refractivity contribution in [3.63, 3.8) is 0 Å². The van der Waals surface area contributed by atoms with E-state index in [0.717, 1.165) is 25.4 Å². The van der Waals surface area contributed by atoms with Gasteiger partial charge >= 0.3 is 0 Å². The van der Waals surface area contributed by atoms with Crippen LogP contribution in [0.15, 0.2) is 22.8 Å². The molecule has 17 heavy (non-hydrogen) atoms. The fourth-order valence-corrected chi connectivity index (χ4v) is 3.01. The Morgan fingerprint density at radius 2 is 2.24 bits per heavy atom. The molecule has 1 aromatic rings. The molecule has 96 valence electrons. The van der Waals surface area contributed by atoms with Crippen molar-refractivity contribution in [2.24, 2.45) is 11.7 Å². The van der Waals surface area contributed by atoms with E-state index in [4.69, 9.17) is 10.2 Å². The van der Waals surface area contributed by atoms with E-state index in [-0.39, 0.29) is 0 Å². The summed E-state index contributed by atoms with van der Waals surface area (Å²) in [4.78, 5) is 2.52. The molecule has 1 aliphatic carbocycles. The van der Waals surface area contributed by atoms with Crippen molar-refractivity contribution in [2.75, 3.05) is 13.1 Å². The highest BCUT2D eigenvalue weighted by molar-refractivity contribution is 4.99. The van der Waals surface area contributed by atoms with Gasteiger partial charge in [-0.3, -0.25) is 4.90 Å². The number of rotatable bonds is 5. The Kier molecular flexibility index (Phi) is 4.63. The fraction of sp³-hybridized carbons (Fsp3) is 0.714. The normalized spacial score (nSPS) is 25.4. The molecular weight excluding hydrogens is 212 g/mol. The summed E-state index contributed by atoms with van der Waals surface area (Å²) in [7, 11) is 0. The van der Waals surface area contributed by atoms with Gasteiger partial charge in [-0.15, -0.1) is 0 Å². The minimum atomic E-state index is 0.642. The van der Waals surface area contributed by atoms with Gasteiger partial charge in [-0.2, -0.15) is 0 Å². The molecule has 2 atom stereocenters. The molecule has 0 saturated heterocycles. The van der Waals surface area contributed by atoms with Crippen LogP contribution < -0.4 is 5.73 Å². The zero-order valence-electron chi connectivity index (χ0n) is 10.8. The molecule has 0 radical (unpaired) electrons. The largest absolute Gasteiger partial charge is 0.468 e. The third-order valence-corrected chi connectivity index (χ3v) is 3.99. The topological polar surface area (TPSA) is 42.4 Å². The third kappa shape index (κ3) is 3.11. The summed E-state index contributed by atoms with van der Waals surface area (Å²) in [6.07, 6.45) is 7.02. The van der Waals surface area contributed by atoms with Crippen LogP contribution >= 0.6 is 0 Å². The second-order valence-corrected chi connectivity index (χ2v) is 4.99. The Labute approximate surface area is 104 Å². The molecule has 0 aromatic carbocycles. The van der Waals surface area contributed by atoms with Gasteiger partial charge in [0.2, 0.25) is 0 Å². The highest BCUT2D eigenvalue weighted by Gasteiger charge is 2.28. The van der Waals surface area contributed by atoms with Gasteiger partial charge in [0, 0.05) is 6.04 Å². The van der Waals surface area contributed by atoms with E-state index >= 15 is 0 Å². The highest BCUT2D eigenvalue weighted by Crippen LogP contribution is 2.28. The fourth-order valence-electron chi connectivity index (χ4n) is 3.01. The number of hydrogen-bond donors (Lipinski definition) is 1. The van der Waals surface area contributed by atoms with E-state index in [1.165, 1.54) is 25.7 Å². The Morgan fingerprint density at radius 1 is 1.41 bits per heavy atom. The lowest BCUT2D eigenvalue weighted by Crippen LogP contribution is -2.44. The van der Waals surface area contributed by atoms with Crippen LogP contribution in [0.1, 0.15) is 38.4 Å². The van der Waals surface area contributed by atoms with Gasteiger partial charge in [-0.05, 0) is 44.0 Å². The Balaban J connectivity index is 2.00. The van der Waals surface area contributed by atoms with Gasteiger partial charge in [0.25, 0.3) is 0 Å². The second kappa shape index (κ2) is 6.22. The molecule has 0 amide bonds. The van der Waals surface area contributed by atoms with Gasteiger partial charge < -0.3 is 10.2 Å². The van der Waals surface area contributed by atoms with Gasteiger partial charge in [0.05, 0.1) is 12.8 Å². The molecule has 2 N–H and O–H groups in total. The van der Waals surface area contributed by atoms with Crippen molar-refractivity contribution >= 4 is 0 Å². The summed E-state index contributed by atoms with van der Waals surface area (Å²) in [6, 6.07) is 4.66. The first-order chi connectivity index (χ1) is 8.35. The standard InChI is InChI=1S/C14H24N2O/c1-2-16(11-13-7-5-9-17-13)14-8-4-3-6-12(14)10-15/h5,7,9,12,14H,2-4,6,8,10-11,15H2,1H3. The molecule has 0 aliphatic heterocycles. The summed E-state index contributed by atoms with van der Waals surface area (Å²) >= 11 is 0. The molecular formula is C14H24N2O. The lowest BCUT2D eigenvalue weighted by Gasteiger charge is -2.38. The van der Waals surface area contributed by atoms with Crippen molar-refractivity contribution in [3.05, 3.63) is 24.2 Å². The number of nitrogens with two attached hydrogens (primary N) is 1. The first-order valence-corrected chi connectivity index (χ1v) is 6.81. The predicted molar refractivity (Wildman–Crippen MR) is 69.6 cm³/mol. The van der Waals surface area contributed by atoms with Crippen molar-refractivity contribution in [3.8, 4) is 0 Å². The lowest BCUT2D eigenvalue weighted by atomic mass is 9.83. The minimum Gasteiger partial charge on any atom is -0.468 e. The second-order valence-electron chi connectivity index (χ2n) is 4.99.